The van der Waals surface area contributed by atoms with E-state index in [-0.39, 0.29) is 12.0 Å². The van der Waals surface area contributed by atoms with Crippen LogP contribution in [-0.2, 0) is 0 Å². The van der Waals surface area contributed by atoms with Gasteiger partial charge < -0.3 is 0 Å². The minimum absolute atomic E-state index is 0.120. The van der Waals surface area contributed by atoms with Gasteiger partial charge in [0, 0.05) is 13.8 Å². The third-order valence-electron chi connectivity index (χ3n) is 2.73. The van der Waals surface area contributed by atoms with Crippen molar-refractivity contribution in [3.8, 4) is 6.07 Å². The van der Waals surface area contributed by atoms with E-state index in [1.54, 1.807) is 0 Å². The van der Waals surface area contributed by atoms with Crippen molar-refractivity contribution < 1.29 is 0 Å². The molecule has 0 heterocycles. The summed E-state index contributed by atoms with van der Waals surface area (Å²) in [5.41, 5.74) is 2.46. The fourth-order valence-electron chi connectivity index (χ4n) is 1.86. The summed E-state index contributed by atoms with van der Waals surface area (Å²) in [5.74, 6) is 0.120. The van der Waals surface area contributed by atoms with E-state index < -0.39 is 0 Å². The molecule has 0 aliphatic carbocycles. The molecule has 0 spiro atoms. The van der Waals surface area contributed by atoms with E-state index in [4.69, 9.17) is 0 Å². The Kier molecular flexibility index (Phi) is 4.15. The largest absolute Gasteiger partial charge is 0.286 e. The molecule has 0 fully saturated rings. The first kappa shape index (κ1) is 12.4. The summed E-state index contributed by atoms with van der Waals surface area (Å²) in [6, 6.07) is 24.4. The molecule has 0 unspecified atom stereocenters. The van der Waals surface area contributed by atoms with Gasteiger partial charge in [-0.05, 0) is 11.1 Å². The standard InChI is InChI=1S/C17H18N/c1-14(2)18-13-17(15-9-5-3-6-10-15)16-11-7-4-8-12-16/h3-12,14,17H,1-2H3/q+1. The fraction of sp³-hybridized carbons (Fsp3) is 0.235. The van der Waals surface area contributed by atoms with Crippen LogP contribution in [0, 0.1) is 6.07 Å². The van der Waals surface area contributed by atoms with Gasteiger partial charge in [-0.2, -0.15) is 0 Å². The zero-order chi connectivity index (χ0) is 12.8. The highest BCUT2D eigenvalue weighted by molar-refractivity contribution is 5.38. The van der Waals surface area contributed by atoms with E-state index in [9.17, 15) is 0 Å². The van der Waals surface area contributed by atoms with Crippen molar-refractivity contribution >= 4 is 0 Å². The predicted octanol–water partition coefficient (Wildman–Crippen LogP) is 4.56. The van der Waals surface area contributed by atoms with Gasteiger partial charge in [-0.3, -0.25) is 0 Å². The maximum atomic E-state index is 4.43. The lowest BCUT2D eigenvalue weighted by Crippen LogP contribution is -1.98. The third-order valence-corrected chi connectivity index (χ3v) is 2.73. The van der Waals surface area contributed by atoms with Gasteiger partial charge in [-0.1, -0.05) is 65.5 Å². The summed E-state index contributed by atoms with van der Waals surface area (Å²) in [5, 5.41) is 0. The fourth-order valence-corrected chi connectivity index (χ4v) is 1.86. The summed E-state index contributed by atoms with van der Waals surface area (Å²) >= 11 is 0. The summed E-state index contributed by atoms with van der Waals surface area (Å²) in [4.78, 5) is 4.43. The summed E-state index contributed by atoms with van der Waals surface area (Å²) < 4.78 is 0. The van der Waals surface area contributed by atoms with Crippen LogP contribution in [0.2, 0.25) is 0 Å². The van der Waals surface area contributed by atoms with Crippen molar-refractivity contribution in [3.63, 3.8) is 0 Å². The maximum Gasteiger partial charge on any atom is 0.286 e. The third kappa shape index (κ3) is 3.21. The minimum Gasteiger partial charge on any atom is -0.0800 e. The van der Waals surface area contributed by atoms with Crippen LogP contribution in [0.1, 0.15) is 30.9 Å². The second-order valence-electron chi connectivity index (χ2n) is 4.61. The van der Waals surface area contributed by atoms with Crippen LogP contribution in [0.3, 0.4) is 0 Å². The average molecular weight is 236 g/mol. The average Bonchev–Trinajstić information content (AvgIpc) is 2.41. The van der Waals surface area contributed by atoms with Crippen LogP contribution in [0.25, 0.3) is 4.85 Å². The van der Waals surface area contributed by atoms with E-state index in [1.807, 2.05) is 12.1 Å². The van der Waals surface area contributed by atoms with Gasteiger partial charge in [0.2, 0.25) is 0 Å². The van der Waals surface area contributed by atoms with E-state index in [0.717, 1.165) is 0 Å². The molecular formula is C17H18N+. The Labute approximate surface area is 109 Å². The van der Waals surface area contributed by atoms with Gasteiger partial charge in [0.25, 0.3) is 12.1 Å². The Morgan fingerprint density at radius 3 is 1.61 bits per heavy atom. The van der Waals surface area contributed by atoms with Crippen molar-refractivity contribution in [2.75, 3.05) is 0 Å². The van der Waals surface area contributed by atoms with Gasteiger partial charge in [-0.15, -0.1) is 0 Å². The van der Waals surface area contributed by atoms with Gasteiger partial charge >= 0.3 is 0 Å². The normalized spacial score (nSPS) is 10.2. The molecule has 18 heavy (non-hydrogen) atoms. The quantitative estimate of drug-likeness (QED) is 0.720. The van der Waals surface area contributed by atoms with Crippen molar-refractivity contribution in [1.82, 2.24) is 0 Å². The molecule has 2 rings (SSSR count). The molecule has 1 heteroatoms. The van der Waals surface area contributed by atoms with E-state index in [2.05, 4.69) is 73.3 Å². The zero-order valence-electron chi connectivity index (χ0n) is 10.9. The molecule has 0 bridgehead atoms. The highest BCUT2D eigenvalue weighted by Gasteiger charge is 2.17. The van der Waals surface area contributed by atoms with Gasteiger partial charge in [0.15, 0.2) is 0 Å². The molecule has 0 radical (unpaired) electrons. The molecule has 0 atom stereocenters. The summed E-state index contributed by atoms with van der Waals surface area (Å²) in [7, 11) is 0. The monoisotopic (exact) mass is 236 g/mol. The Morgan fingerprint density at radius 1 is 0.778 bits per heavy atom. The summed E-state index contributed by atoms with van der Waals surface area (Å²) in [6.07, 6.45) is 0. The minimum atomic E-state index is 0.120. The lowest BCUT2D eigenvalue weighted by atomic mass is 9.93. The Bertz CT molecular complexity index is 493. The van der Waals surface area contributed by atoms with Crippen LogP contribution < -0.4 is 0 Å². The molecular weight excluding hydrogens is 218 g/mol. The number of benzene rings is 2. The topological polar surface area (TPSA) is 4.36 Å². The highest BCUT2D eigenvalue weighted by atomic mass is 14.7. The van der Waals surface area contributed by atoms with Crippen LogP contribution in [0.15, 0.2) is 60.7 Å². The van der Waals surface area contributed by atoms with Crippen molar-refractivity contribution in [3.05, 3.63) is 76.6 Å². The van der Waals surface area contributed by atoms with Crippen molar-refractivity contribution in [2.45, 2.75) is 25.8 Å². The lowest BCUT2D eigenvalue weighted by Gasteiger charge is -2.06. The van der Waals surface area contributed by atoms with Crippen LogP contribution in [-0.4, -0.2) is 6.04 Å². The van der Waals surface area contributed by atoms with Gasteiger partial charge in [-0.25, -0.2) is 0 Å². The summed E-state index contributed by atoms with van der Waals surface area (Å²) in [6.45, 7) is 4.14. The Morgan fingerprint density at radius 2 is 1.22 bits per heavy atom. The molecule has 1 nitrogen and oxygen atoms in total. The van der Waals surface area contributed by atoms with Crippen LogP contribution >= 0.6 is 0 Å². The number of hydrogen-bond donors (Lipinski definition) is 0. The first-order valence-electron chi connectivity index (χ1n) is 6.32. The molecule has 0 amide bonds. The molecule has 0 aromatic heterocycles. The molecule has 2 aromatic carbocycles. The van der Waals surface area contributed by atoms with Crippen LogP contribution in [0.5, 0.6) is 0 Å². The Hall–Kier alpha value is -2.07. The van der Waals surface area contributed by atoms with E-state index >= 15 is 0 Å². The van der Waals surface area contributed by atoms with E-state index in [1.165, 1.54) is 11.1 Å². The smallest absolute Gasteiger partial charge is 0.0800 e. The first-order chi connectivity index (χ1) is 8.77. The highest BCUT2D eigenvalue weighted by Crippen LogP contribution is 2.23. The Balaban J connectivity index is 2.40. The second-order valence-corrected chi connectivity index (χ2v) is 4.61. The van der Waals surface area contributed by atoms with Gasteiger partial charge in [0.1, 0.15) is 5.92 Å². The zero-order valence-corrected chi connectivity index (χ0v) is 10.9. The molecule has 0 saturated heterocycles. The predicted molar refractivity (Wildman–Crippen MR) is 77.1 cm³/mol. The van der Waals surface area contributed by atoms with E-state index in [0.29, 0.717) is 0 Å². The van der Waals surface area contributed by atoms with Crippen molar-refractivity contribution in [2.24, 2.45) is 0 Å². The second kappa shape index (κ2) is 6.02. The first-order valence-corrected chi connectivity index (χ1v) is 6.32. The number of hydrogen-bond acceptors (Lipinski definition) is 0. The molecule has 0 aliphatic heterocycles. The molecule has 90 valence electrons. The SMILES string of the molecule is CC(C)[N+]#CC(c1ccccc1)c1ccccc1. The maximum absolute atomic E-state index is 4.43. The lowest BCUT2D eigenvalue weighted by molar-refractivity contribution is 0.962. The molecule has 2 aromatic rings. The number of nitrogens with zero attached hydrogens (tertiary/aromatic N) is 1. The molecule has 0 saturated carbocycles. The molecule has 0 N–H and O–H groups in total. The number of rotatable bonds is 2. The van der Waals surface area contributed by atoms with Crippen molar-refractivity contribution in [1.29, 1.82) is 0 Å². The van der Waals surface area contributed by atoms with Crippen LogP contribution in [0.4, 0.5) is 0 Å². The molecule has 0 aliphatic rings. The van der Waals surface area contributed by atoms with Gasteiger partial charge in [0.05, 0.1) is 0 Å².